The van der Waals surface area contributed by atoms with Gasteiger partial charge in [0.05, 0.1) is 0 Å². The van der Waals surface area contributed by atoms with Gasteiger partial charge in [-0.05, 0) is 19.4 Å². The van der Waals surface area contributed by atoms with Crippen LogP contribution in [0.25, 0.3) is 0 Å². The number of hydrogen-bond acceptors (Lipinski definition) is 4. The van der Waals surface area contributed by atoms with E-state index in [0.717, 1.165) is 43.9 Å². The van der Waals surface area contributed by atoms with Crippen molar-refractivity contribution < 1.29 is 0 Å². The highest BCUT2D eigenvalue weighted by atomic mass is 15.2. The lowest BCUT2D eigenvalue weighted by molar-refractivity contribution is 0.711. The smallest absolute Gasteiger partial charge is 0.136 e. The minimum absolute atomic E-state index is 0.818. The second kappa shape index (κ2) is 7.79. The van der Waals surface area contributed by atoms with Crippen LogP contribution >= 0.6 is 0 Å². The average Bonchev–Trinajstić information content (AvgIpc) is 2.37. The highest BCUT2D eigenvalue weighted by Gasteiger charge is 2.07. The molecule has 17 heavy (non-hydrogen) atoms. The number of anilines is 1. The fraction of sp³-hybridized carbons (Fsp3) is 0.538. The lowest BCUT2D eigenvalue weighted by atomic mass is 10.2. The molecule has 1 aromatic rings. The van der Waals surface area contributed by atoms with Crippen LogP contribution in [0.5, 0.6) is 0 Å². The molecule has 0 aliphatic rings. The summed E-state index contributed by atoms with van der Waals surface area (Å²) in [6.45, 7) is 8.59. The third-order valence-electron chi connectivity index (χ3n) is 2.59. The van der Waals surface area contributed by atoms with Crippen molar-refractivity contribution in [1.82, 2.24) is 15.3 Å². The molecule has 1 aromatic heterocycles. The number of allylic oxidation sites excluding steroid dienone is 1. The van der Waals surface area contributed by atoms with Gasteiger partial charge in [-0.3, -0.25) is 0 Å². The first kappa shape index (κ1) is 13.6. The largest absolute Gasteiger partial charge is 0.359 e. The van der Waals surface area contributed by atoms with Crippen molar-refractivity contribution in [3.8, 4) is 0 Å². The summed E-state index contributed by atoms with van der Waals surface area (Å²) in [5, 5.41) is 3.30. The lowest BCUT2D eigenvalue weighted by Crippen LogP contribution is -2.23. The summed E-state index contributed by atoms with van der Waals surface area (Å²) in [6, 6.07) is 0. The second-order valence-corrected chi connectivity index (χ2v) is 4.00. The van der Waals surface area contributed by atoms with Crippen molar-refractivity contribution in [3.63, 3.8) is 0 Å². The topological polar surface area (TPSA) is 41.1 Å². The third-order valence-corrected chi connectivity index (χ3v) is 2.59. The van der Waals surface area contributed by atoms with Crippen LogP contribution in [0.15, 0.2) is 25.2 Å². The van der Waals surface area contributed by atoms with Gasteiger partial charge in [-0.2, -0.15) is 0 Å². The molecule has 0 unspecified atom stereocenters. The molecule has 0 aliphatic carbocycles. The maximum atomic E-state index is 4.36. The van der Waals surface area contributed by atoms with Crippen molar-refractivity contribution in [2.24, 2.45) is 0 Å². The summed E-state index contributed by atoms with van der Waals surface area (Å²) in [5.41, 5.74) is 1.15. The summed E-state index contributed by atoms with van der Waals surface area (Å²) in [4.78, 5) is 10.6. The van der Waals surface area contributed by atoms with Gasteiger partial charge in [0.25, 0.3) is 0 Å². The molecule has 0 saturated heterocycles. The number of rotatable bonds is 8. The molecule has 4 nitrogen and oxygen atoms in total. The molecule has 94 valence electrons. The Morgan fingerprint density at radius 1 is 1.53 bits per heavy atom. The average molecular weight is 234 g/mol. The Hall–Kier alpha value is -1.42. The summed E-state index contributed by atoms with van der Waals surface area (Å²) in [6.07, 6.45) is 7.58. The van der Waals surface area contributed by atoms with E-state index >= 15 is 0 Å². The van der Waals surface area contributed by atoms with Crippen LogP contribution in [-0.2, 0) is 6.54 Å². The maximum Gasteiger partial charge on any atom is 0.136 e. The summed E-state index contributed by atoms with van der Waals surface area (Å²) in [7, 11) is 2.07. The SMILES string of the molecule is C=CCCCN(C)c1ncncc1CNCC. The number of aromatic nitrogens is 2. The summed E-state index contributed by atoms with van der Waals surface area (Å²) >= 11 is 0. The Kier molecular flexibility index (Phi) is 6.25. The molecule has 0 amide bonds. The van der Waals surface area contributed by atoms with Crippen LogP contribution in [0.3, 0.4) is 0 Å². The van der Waals surface area contributed by atoms with Crippen LogP contribution in [0.4, 0.5) is 5.82 Å². The molecule has 1 heterocycles. The Balaban J connectivity index is 2.63. The van der Waals surface area contributed by atoms with Crippen molar-refractivity contribution in [2.45, 2.75) is 26.3 Å². The Bertz CT molecular complexity index is 338. The molecule has 4 heteroatoms. The Morgan fingerprint density at radius 2 is 2.35 bits per heavy atom. The van der Waals surface area contributed by atoms with Crippen molar-refractivity contribution in [1.29, 1.82) is 0 Å². The zero-order valence-electron chi connectivity index (χ0n) is 10.8. The summed E-state index contributed by atoms with van der Waals surface area (Å²) in [5.74, 6) is 1.02. The molecule has 1 N–H and O–H groups in total. The van der Waals surface area contributed by atoms with Crippen molar-refractivity contribution >= 4 is 5.82 Å². The molecule has 0 aromatic carbocycles. The highest BCUT2D eigenvalue weighted by Crippen LogP contribution is 2.14. The molecular formula is C13H22N4. The van der Waals surface area contributed by atoms with Gasteiger partial charge in [0.15, 0.2) is 0 Å². The van der Waals surface area contributed by atoms with E-state index < -0.39 is 0 Å². The van der Waals surface area contributed by atoms with Gasteiger partial charge >= 0.3 is 0 Å². The fourth-order valence-electron chi connectivity index (χ4n) is 1.66. The van der Waals surface area contributed by atoms with E-state index in [4.69, 9.17) is 0 Å². The standard InChI is InChI=1S/C13H22N4/c1-4-6-7-8-17(3)13-12(9-14-5-2)10-15-11-16-13/h4,10-11,14H,1,5-9H2,2-3H3. The first-order chi connectivity index (χ1) is 8.29. The zero-order valence-corrected chi connectivity index (χ0v) is 10.8. The molecule has 0 saturated carbocycles. The molecule has 0 fully saturated rings. The summed E-state index contributed by atoms with van der Waals surface area (Å²) < 4.78 is 0. The predicted octanol–water partition coefficient (Wildman–Crippen LogP) is 1.99. The lowest BCUT2D eigenvalue weighted by Gasteiger charge is -2.20. The quantitative estimate of drug-likeness (QED) is 0.551. The Labute approximate surface area is 104 Å². The van der Waals surface area contributed by atoms with Gasteiger partial charge in [-0.1, -0.05) is 13.0 Å². The van der Waals surface area contributed by atoms with Crippen LogP contribution in [0.2, 0.25) is 0 Å². The fourth-order valence-corrected chi connectivity index (χ4v) is 1.66. The first-order valence-electron chi connectivity index (χ1n) is 6.11. The normalized spacial score (nSPS) is 10.2. The number of hydrogen-bond donors (Lipinski definition) is 1. The van der Waals surface area contributed by atoms with Crippen LogP contribution in [-0.4, -0.2) is 30.1 Å². The van der Waals surface area contributed by atoms with Crippen molar-refractivity contribution in [3.05, 3.63) is 30.7 Å². The molecule has 0 radical (unpaired) electrons. The minimum Gasteiger partial charge on any atom is -0.359 e. The molecule has 1 rings (SSSR count). The van der Waals surface area contributed by atoms with Gasteiger partial charge in [-0.15, -0.1) is 6.58 Å². The van der Waals surface area contributed by atoms with E-state index in [9.17, 15) is 0 Å². The minimum atomic E-state index is 0.818. The van der Waals surface area contributed by atoms with Crippen LogP contribution in [0.1, 0.15) is 25.3 Å². The van der Waals surface area contributed by atoms with E-state index in [1.54, 1.807) is 6.33 Å². The second-order valence-electron chi connectivity index (χ2n) is 4.00. The first-order valence-corrected chi connectivity index (χ1v) is 6.11. The van der Waals surface area contributed by atoms with Gasteiger partial charge in [-0.25, -0.2) is 9.97 Å². The molecule has 0 atom stereocenters. The van der Waals surface area contributed by atoms with Crippen LogP contribution < -0.4 is 10.2 Å². The maximum absolute atomic E-state index is 4.36. The molecular weight excluding hydrogens is 212 g/mol. The van der Waals surface area contributed by atoms with Gasteiger partial charge in [0, 0.05) is 31.9 Å². The molecule has 0 bridgehead atoms. The van der Waals surface area contributed by atoms with Gasteiger partial charge < -0.3 is 10.2 Å². The number of nitrogens with one attached hydrogen (secondary N) is 1. The van der Waals surface area contributed by atoms with E-state index in [-0.39, 0.29) is 0 Å². The monoisotopic (exact) mass is 234 g/mol. The van der Waals surface area contributed by atoms with Gasteiger partial charge in [0.1, 0.15) is 12.1 Å². The van der Waals surface area contributed by atoms with Crippen molar-refractivity contribution in [2.75, 3.05) is 25.0 Å². The van der Waals surface area contributed by atoms with Gasteiger partial charge in [0.2, 0.25) is 0 Å². The van der Waals surface area contributed by atoms with E-state index in [2.05, 4.69) is 40.7 Å². The number of nitrogens with zero attached hydrogens (tertiary/aromatic N) is 3. The molecule has 0 spiro atoms. The van der Waals surface area contributed by atoms with Crippen LogP contribution in [0, 0.1) is 0 Å². The highest BCUT2D eigenvalue weighted by molar-refractivity contribution is 5.44. The van der Waals surface area contributed by atoms with E-state index in [1.807, 2.05) is 12.3 Å². The Morgan fingerprint density at radius 3 is 3.06 bits per heavy atom. The van der Waals surface area contributed by atoms with E-state index in [0.29, 0.717) is 0 Å². The van der Waals surface area contributed by atoms with E-state index in [1.165, 1.54) is 0 Å². The number of unbranched alkanes of at least 4 members (excludes halogenated alkanes) is 1. The third kappa shape index (κ3) is 4.53. The predicted molar refractivity (Wildman–Crippen MR) is 72.1 cm³/mol. The molecule has 0 aliphatic heterocycles. The zero-order chi connectivity index (χ0) is 12.5.